The first-order valence-corrected chi connectivity index (χ1v) is 11.6. The number of sulfonamides is 1. The van der Waals surface area contributed by atoms with E-state index in [1.54, 1.807) is 42.5 Å². The van der Waals surface area contributed by atoms with E-state index in [2.05, 4.69) is 10.0 Å². The maximum Gasteiger partial charge on any atom is 0.261 e. The Morgan fingerprint density at radius 2 is 1.61 bits per heavy atom. The highest BCUT2D eigenvalue weighted by atomic mass is 35.5. The van der Waals surface area contributed by atoms with Crippen molar-refractivity contribution in [1.29, 1.82) is 0 Å². The van der Waals surface area contributed by atoms with Gasteiger partial charge in [0.25, 0.3) is 15.9 Å². The molecule has 3 aromatic carbocycles. The average Bonchev–Trinajstić information content (AvgIpc) is 2.73. The lowest BCUT2D eigenvalue weighted by Gasteiger charge is -2.12. The Balaban J connectivity index is 1.59. The Bertz CT molecular complexity index is 1190. The number of hydrogen-bond acceptors (Lipinski definition) is 4. The second-order valence-electron chi connectivity index (χ2n) is 6.36. The van der Waals surface area contributed by atoms with Crippen LogP contribution in [0.1, 0.15) is 5.56 Å². The Kier molecular flexibility index (Phi) is 7.67. The Morgan fingerprint density at radius 1 is 0.903 bits per heavy atom. The highest BCUT2D eigenvalue weighted by Crippen LogP contribution is 2.28. The van der Waals surface area contributed by atoms with Crippen LogP contribution in [0.15, 0.2) is 71.6 Å². The summed E-state index contributed by atoms with van der Waals surface area (Å²) in [5.41, 5.74) is 1.13. The molecule has 2 N–H and O–H groups in total. The molecule has 0 saturated heterocycles. The first kappa shape index (κ1) is 23.2. The highest BCUT2D eigenvalue weighted by molar-refractivity contribution is 7.92. The number of carbonyl (C=O) groups excluding carboxylic acids is 1. The fourth-order valence-electron chi connectivity index (χ4n) is 2.53. The van der Waals surface area contributed by atoms with Gasteiger partial charge in [0.05, 0.1) is 9.92 Å². The van der Waals surface area contributed by atoms with Crippen molar-refractivity contribution in [3.05, 3.63) is 87.4 Å². The molecule has 0 spiro atoms. The van der Waals surface area contributed by atoms with Crippen LogP contribution in [0.3, 0.4) is 0 Å². The minimum Gasteiger partial charge on any atom is -0.482 e. The fraction of sp³-hybridized carbons (Fsp3) is 0.0952. The molecule has 0 aliphatic carbocycles. The van der Waals surface area contributed by atoms with E-state index < -0.39 is 10.0 Å². The number of halogens is 3. The molecule has 31 heavy (non-hydrogen) atoms. The standard InChI is InChI=1S/C21H17Cl3N2O4S/c22-15-5-7-16(8-6-15)26-31(28,29)17-9-10-20(19(24)11-17)30-13-21(27)25-12-14-3-1-2-4-18(14)23/h1-11,26H,12-13H2,(H,25,27). The summed E-state index contributed by atoms with van der Waals surface area (Å²) in [6.07, 6.45) is 0. The van der Waals surface area contributed by atoms with E-state index in [0.717, 1.165) is 5.56 Å². The monoisotopic (exact) mass is 498 g/mol. The van der Waals surface area contributed by atoms with Crippen molar-refractivity contribution in [2.45, 2.75) is 11.4 Å². The van der Waals surface area contributed by atoms with Crippen molar-refractivity contribution in [1.82, 2.24) is 5.32 Å². The van der Waals surface area contributed by atoms with Crippen LogP contribution in [0.25, 0.3) is 0 Å². The number of carbonyl (C=O) groups is 1. The van der Waals surface area contributed by atoms with Gasteiger partial charge in [-0.05, 0) is 54.1 Å². The van der Waals surface area contributed by atoms with E-state index in [0.29, 0.717) is 15.7 Å². The topological polar surface area (TPSA) is 84.5 Å². The van der Waals surface area contributed by atoms with Crippen LogP contribution in [-0.4, -0.2) is 20.9 Å². The second-order valence-corrected chi connectivity index (χ2v) is 9.29. The molecule has 0 heterocycles. The smallest absolute Gasteiger partial charge is 0.261 e. The van der Waals surface area contributed by atoms with Crippen molar-refractivity contribution in [2.24, 2.45) is 0 Å². The van der Waals surface area contributed by atoms with Crippen molar-refractivity contribution >= 4 is 56.4 Å². The largest absolute Gasteiger partial charge is 0.482 e. The summed E-state index contributed by atoms with van der Waals surface area (Å²) in [7, 11) is -3.86. The van der Waals surface area contributed by atoms with Crippen LogP contribution < -0.4 is 14.8 Å². The Morgan fingerprint density at radius 3 is 2.29 bits per heavy atom. The van der Waals surface area contributed by atoms with Gasteiger partial charge in [0.1, 0.15) is 5.75 Å². The molecular weight excluding hydrogens is 483 g/mol. The summed E-state index contributed by atoms with van der Waals surface area (Å²) in [6.45, 7) is -0.0392. The lowest BCUT2D eigenvalue weighted by molar-refractivity contribution is -0.123. The number of hydrogen-bond donors (Lipinski definition) is 2. The van der Waals surface area contributed by atoms with Crippen molar-refractivity contribution in [2.75, 3.05) is 11.3 Å². The van der Waals surface area contributed by atoms with Crippen LogP contribution >= 0.6 is 34.8 Å². The molecule has 0 saturated carbocycles. The van der Waals surface area contributed by atoms with Gasteiger partial charge in [-0.2, -0.15) is 0 Å². The summed E-state index contributed by atoms with van der Waals surface area (Å²) >= 11 is 18.0. The maximum absolute atomic E-state index is 12.5. The molecule has 162 valence electrons. The minimum absolute atomic E-state index is 0.0528. The molecule has 0 fully saturated rings. The van der Waals surface area contributed by atoms with E-state index in [4.69, 9.17) is 39.5 Å². The van der Waals surface area contributed by atoms with E-state index in [1.807, 2.05) is 6.07 Å². The Labute approximate surface area is 195 Å². The van der Waals surface area contributed by atoms with Gasteiger partial charge in [-0.3, -0.25) is 9.52 Å². The number of rotatable bonds is 8. The van der Waals surface area contributed by atoms with E-state index in [1.165, 1.54) is 18.2 Å². The average molecular weight is 500 g/mol. The molecule has 1 amide bonds. The maximum atomic E-state index is 12.5. The second kappa shape index (κ2) is 10.2. The SMILES string of the molecule is O=C(COc1ccc(S(=O)(=O)Nc2ccc(Cl)cc2)cc1Cl)NCc1ccccc1Cl. The molecule has 6 nitrogen and oxygen atoms in total. The number of anilines is 1. The fourth-order valence-corrected chi connectivity index (χ4v) is 4.24. The molecule has 0 atom stereocenters. The van der Waals surface area contributed by atoms with Crippen molar-refractivity contribution < 1.29 is 17.9 Å². The van der Waals surface area contributed by atoms with Crippen LogP contribution in [0.5, 0.6) is 5.75 Å². The summed E-state index contributed by atoms with van der Waals surface area (Å²) in [5.74, 6) is -0.197. The Hall–Kier alpha value is -2.45. The van der Waals surface area contributed by atoms with E-state index in [-0.39, 0.29) is 34.7 Å². The third-order valence-corrected chi connectivity index (χ3v) is 6.40. The van der Waals surface area contributed by atoms with Crippen molar-refractivity contribution in [3.8, 4) is 5.75 Å². The molecule has 0 unspecified atom stereocenters. The lowest BCUT2D eigenvalue weighted by atomic mass is 10.2. The molecule has 0 radical (unpaired) electrons. The number of nitrogens with one attached hydrogen (secondary N) is 2. The van der Waals surface area contributed by atoms with Gasteiger partial charge < -0.3 is 10.1 Å². The molecule has 3 rings (SSSR count). The molecule has 0 bridgehead atoms. The quantitative estimate of drug-likeness (QED) is 0.449. The number of amides is 1. The van der Waals surface area contributed by atoms with Gasteiger partial charge in [-0.15, -0.1) is 0 Å². The summed E-state index contributed by atoms with van der Waals surface area (Å²) in [6, 6.07) is 17.3. The predicted molar refractivity (Wildman–Crippen MR) is 123 cm³/mol. The third-order valence-electron chi connectivity index (χ3n) is 4.10. The molecular formula is C21H17Cl3N2O4S. The zero-order chi connectivity index (χ0) is 22.4. The third kappa shape index (κ3) is 6.51. The normalized spacial score (nSPS) is 11.1. The number of ether oxygens (including phenoxy) is 1. The van der Waals surface area contributed by atoms with Crippen LogP contribution in [0, 0.1) is 0 Å². The van der Waals surface area contributed by atoms with Crippen LogP contribution in [-0.2, 0) is 21.4 Å². The molecule has 0 aliphatic rings. The molecule has 3 aromatic rings. The van der Waals surface area contributed by atoms with E-state index >= 15 is 0 Å². The number of benzene rings is 3. The van der Waals surface area contributed by atoms with Crippen molar-refractivity contribution in [3.63, 3.8) is 0 Å². The lowest BCUT2D eigenvalue weighted by Crippen LogP contribution is -2.28. The molecule has 10 heteroatoms. The van der Waals surface area contributed by atoms with Gasteiger partial charge in [0.2, 0.25) is 0 Å². The first-order valence-electron chi connectivity index (χ1n) is 8.95. The van der Waals surface area contributed by atoms with Gasteiger partial charge in [-0.25, -0.2) is 8.42 Å². The van der Waals surface area contributed by atoms with Gasteiger partial charge >= 0.3 is 0 Å². The van der Waals surface area contributed by atoms with E-state index in [9.17, 15) is 13.2 Å². The highest BCUT2D eigenvalue weighted by Gasteiger charge is 2.17. The predicted octanol–water partition coefficient (Wildman–Crippen LogP) is 5.14. The van der Waals surface area contributed by atoms with Crippen LogP contribution in [0.4, 0.5) is 5.69 Å². The van der Waals surface area contributed by atoms with Gasteiger partial charge in [-0.1, -0.05) is 53.0 Å². The molecule has 0 aliphatic heterocycles. The van der Waals surface area contributed by atoms with Gasteiger partial charge in [0.15, 0.2) is 6.61 Å². The first-order chi connectivity index (χ1) is 14.7. The zero-order valence-electron chi connectivity index (χ0n) is 15.9. The minimum atomic E-state index is -3.86. The summed E-state index contributed by atoms with van der Waals surface area (Å²) in [4.78, 5) is 12.0. The van der Waals surface area contributed by atoms with Crippen LogP contribution in [0.2, 0.25) is 15.1 Å². The summed E-state index contributed by atoms with van der Waals surface area (Å²) < 4.78 is 32.9. The summed E-state index contributed by atoms with van der Waals surface area (Å²) in [5, 5.41) is 3.78. The molecule has 0 aromatic heterocycles. The zero-order valence-corrected chi connectivity index (χ0v) is 19.0. The van der Waals surface area contributed by atoms with Gasteiger partial charge in [0, 0.05) is 22.3 Å².